The highest BCUT2D eigenvalue weighted by molar-refractivity contribution is 6.05. The second-order valence-corrected chi connectivity index (χ2v) is 3.07. The zero-order valence-corrected chi connectivity index (χ0v) is 8.32. The Kier molecular flexibility index (Phi) is 3.72. The molecule has 92 valence electrons. The number of rotatable bonds is 4. The van der Waals surface area contributed by atoms with Crippen LogP contribution in [0.1, 0.15) is 16.8 Å². The molecule has 0 amide bonds. The van der Waals surface area contributed by atoms with Crippen LogP contribution >= 0.6 is 0 Å². The molecule has 0 bridgehead atoms. The van der Waals surface area contributed by atoms with E-state index in [2.05, 4.69) is 4.74 Å². The second kappa shape index (κ2) is 4.86. The minimum absolute atomic E-state index is 0.144. The van der Waals surface area contributed by atoms with E-state index < -0.39 is 30.3 Å². The molecule has 1 aromatic carbocycles. The van der Waals surface area contributed by atoms with Crippen LogP contribution in [0.3, 0.4) is 0 Å². The normalized spacial score (nSPS) is 11.0. The monoisotopic (exact) mass is 248 g/mol. The number of carbonyl (C=O) groups is 2. The van der Waals surface area contributed by atoms with Crippen LogP contribution in [-0.4, -0.2) is 23.2 Å². The number of carboxylic acid groups (broad SMARTS) is 1. The summed E-state index contributed by atoms with van der Waals surface area (Å²) >= 11 is 0. The van der Waals surface area contributed by atoms with E-state index in [1.54, 1.807) is 0 Å². The maximum atomic E-state index is 11.9. The highest BCUT2D eigenvalue weighted by atomic mass is 19.4. The second-order valence-electron chi connectivity index (χ2n) is 3.07. The fourth-order valence-corrected chi connectivity index (χ4v) is 1.11. The van der Waals surface area contributed by atoms with Crippen molar-refractivity contribution in [2.75, 3.05) is 0 Å². The van der Waals surface area contributed by atoms with E-state index in [-0.39, 0.29) is 5.56 Å². The van der Waals surface area contributed by atoms with E-state index in [1.165, 1.54) is 12.1 Å². The summed E-state index contributed by atoms with van der Waals surface area (Å²) in [5.41, 5.74) is -0.144. The van der Waals surface area contributed by atoms with Crippen molar-refractivity contribution in [3.8, 4) is 5.75 Å². The first-order valence-corrected chi connectivity index (χ1v) is 4.39. The average molecular weight is 248 g/mol. The van der Waals surface area contributed by atoms with Gasteiger partial charge < -0.3 is 9.84 Å². The van der Waals surface area contributed by atoms with Crippen molar-refractivity contribution in [1.29, 1.82) is 0 Å². The molecule has 0 radical (unpaired) electrons. The van der Waals surface area contributed by atoms with Gasteiger partial charge in [0.1, 0.15) is 12.2 Å². The lowest BCUT2D eigenvalue weighted by Gasteiger charge is -2.09. The highest BCUT2D eigenvalue weighted by Gasteiger charge is 2.31. The third-order valence-electron chi connectivity index (χ3n) is 1.70. The van der Waals surface area contributed by atoms with Crippen LogP contribution in [0, 0.1) is 0 Å². The van der Waals surface area contributed by atoms with Crippen molar-refractivity contribution in [2.24, 2.45) is 0 Å². The molecule has 0 atom stereocenters. The van der Waals surface area contributed by atoms with E-state index in [0.29, 0.717) is 0 Å². The van der Waals surface area contributed by atoms with Crippen molar-refractivity contribution in [1.82, 2.24) is 0 Å². The molecule has 0 saturated carbocycles. The molecule has 1 aromatic rings. The largest absolute Gasteiger partial charge is 0.573 e. The van der Waals surface area contributed by atoms with Crippen molar-refractivity contribution < 1.29 is 32.6 Å². The minimum atomic E-state index is -4.85. The first kappa shape index (κ1) is 13.0. The van der Waals surface area contributed by atoms with Gasteiger partial charge in [-0.3, -0.25) is 9.59 Å². The Labute approximate surface area is 93.6 Å². The summed E-state index contributed by atoms with van der Waals surface area (Å²) in [6.07, 6.45) is -5.63. The van der Waals surface area contributed by atoms with E-state index in [0.717, 1.165) is 12.1 Å². The molecule has 1 rings (SSSR count). The molecule has 0 heterocycles. The molecule has 0 unspecified atom stereocenters. The van der Waals surface area contributed by atoms with Crippen LogP contribution in [0.4, 0.5) is 13.2 Å². The molecule has 1 N–H and O–H groups in total. The number of benzene rings is 1. The number of halogens is 3. The Morgan fingerprint density at radius 1 is 1.29 bits per heavy atom. The van der Waals surface area contributed by atoms with Crippen LogP contribution in [0.15, 0.2) is 24.3 Å². The van der Waals surface area contributed by atoms with Gasteiger partial charge >= 0.3 is 12.3 Å². The predicted octanol–water partition coefficient (Wildman–Crippen LogP) is 2.24. The Hall–Kier alpha value is -2.05. The van der Waals surface area contributed by atoms with E-state index in [1.807, 2.05) is 0 Å². The zero-order valence-electron chi connectivity index (χ0n) is 8.32. The fourth-order valence-electron chi connectivity index (χ4n) is 1.11. The maximum Gasteiger partial charge on any atom is 0.573 e. The van der Waals surface area contributed by atoms with Gasteiger partial charge in [-0.05, 0) is 12.1 Å². The first-order chi connectivity index (χ1) is 7.78. The van der Waals surface area contributed by atoms with E-state index in [4.69, 9.17) is 5.11 Å². The number of alkyl halides is 3. The lowest BCUT2D eigenvalue weighted by Crippen LogP contribution is -2.17. The van der Waals surface area contributed by atoms with Gasteiger partial charge in [-0.15, -0.1) is 13.2 Å². The third-order valence-corrected chi connectivity index (χ3v) is 1.70. The SMILES string of the molecule is O=C(O)CC(=O)c1cccc(OC(F)(F)F)c1. The smallest absolute Gasteiger partial charge is 0.481 e. The van der Waals surface area contributed by atoms with Gasteiger partial charge in [-0.25, -0.2) is 0 Å². The predicted molar refractivity (Wildman–Crippen MR) is 49.7 cm³/mol. The molecule has 0 aliphatic heterocycles. The highest BCUT2D eigenvalue weighted by Crippen LogP contribution is 2.23. The molecule has 0 fully saturated rings. The Morgan fingerprint density at radius 3 is 2.47 bits per heavy atom. The van der Waals surface area contributed by atoms with Gasteiger partial charge in [0.05, 0.1) is 0 Å². The standard InChI is InChI=1S/C10H7F3O4/c11-10(12,13)17-7-3-1-2-6(4-7)8(14)5-9(15)16/h1-4H,5H2,(H,15,16). The van der Waals surface area contributed by atoms with Crippen LogP contribution in [0.25, 0.3) is 0 Å². The molecule has 4 nitrogen and oxygen atoms in total. The topological polar surface area (TPSA) is 63.6 Å². The Bertz CT molecular complexity index is 439. The van der Waals surface area contributed by atoms with Crippen LogP contribution in [-0.2, 0) is 4.79 Å². The van der Waals surface area contributed by atoms with Gasteiger partial charge in [0.15, 0.2) is 5.78 Å². The maximum absolute atomic E-state index is 11.9. The van der Waals surface area contributed by atoms with Gasteiger partial charge in [0, 0.05) is 5.56 Å². The number of aliphatic carboxylic acids is 1. The summed E-state index contributed by atoms with van der Waals surface area (Å²) in [6, 6.07) is 4.26. The molecule has 0 saturated heterocycles. The van der Waals surface area contributed by atoms with Crippen molar-refractivity contribution in [3.05, 3.63) is 29.8 Å². The number of ether oxygens (including phenoxy) is 1. The summed E-state index contributed by atoms with van der Waals surface area (Å²) in [6.45, 7) is 0. The summed E-state index contributed by atoms with van der Waals surface area (Å²) in [5, 5.41) is 8.37. The average Bonchev–Trinajstić information content (AvgIpc) is 2.14. The van der Waals surface area contributed by atoms with Gasteiger partial charge in [-0.1, -0.05) is 12.1 Å². The third kappa shape index (κ3) is 4.54. The quantitative estimate of drug-likeness (QED) is 0.655. The molecule has 0 aromatic heterocycles. The molecule has 7 heteroatoms. The minimum Gasteiger partial charge on any atom is -0.481 e. The van der Waals surface area contributed by atoms with Crippen molar-refractivity contribution in [3.63, 3.8) is 0 Å². The number of hydrogen-bond acceptors (Lipinski definition) is 3. The molecular weight excluding hydrogens is 241 g/mol. The number of Topliss-reactive ketones (excluding diaryl/α,β-unsaturated/α-hetero) is 1. The summed E-state index contributed by atoms with van der Waals surface area (Å²) in [4.78, 5) is 21.5. The Balaban J connectivity index is 2.86. The van der Waals surface area contributed by atoms with E-state index >= 15 is 0 Å². The van der Waals surface area contributed by atoms with Crippen LogP contribution in [0.2, 0.25) is 0 Å². The van der Waals surface area contributed by atoms with Crippen LogP contribution in [0.5, 0.6) is 5.75 Å². The zero-order chi connectivity index (χ0) is 13.1. The number of carboxylic acids is 1. The van der Waals surface area contributed by atoms with Gasteiger partial charge in [-0.2, -0.15) is 0 Å². The molecule has 0 aliphatic rings. The lowest BCUT2D eigenvalue weighted by atomic mass is 10.1. The summed E-state index contributed by atoms with van der Waals surface area (Å²) in [5.74, 6) is -2.70. The number of carbonyl (C=O) groups excluding carboxylic acids is 1. The molecule has 0 spiro atoms. The first-order valence-electron chi connectivity index (χ1n) is 4.39. The Morgan fingerprint density at radius 2 is 1.94 bits per heavy atom. The van der Waals surface area contributed by atoms with Crippen molar-refractivity contribution >= 4 is 11.8 Å². The van der Waals surface area contributed by atoms with E-state index in [9.17, 15) is 22.8 Å². The van der Waals surface area contributed by atoms with Crippen LogP contribution < -0.4 is 4.74 Å². The summed E-state index contributed by atoms with van der Waals surface area (Å²) < 4.78 is 39.2. The van der Waals surface area contributed by atoms with Gasteiger partial charge in [0.25, 0.3) is 0 Å². The number of hydrogen-bond donors (Lipinski definition) is 1. The van der Waals surface area contributed by atoms with Crippen molar-refractivity contribution in [2.45, 2.75) is 12.8 Å². The fraction of sp³-hybridized carbons (Fsp3) is 0.200. The van der Waals surface area contributed by atoms with Gasteiger partial charge in [0.2, 0.25) is 0 Å². The molecule has 17 heavy (non-hydrogen) atoms. The molecular formula is C10H7F3O4. The summed E-state index contributed by atoms with van der Waals surface area (Å²) in [7, 11) is 0. The molecule has 0 aliphatic carbocycles. The number of ketones is 1. The lowest BCUT2D eigenvalue weighted by molar-refractivity contribution is -0.274.